The van der Waals surface area contributed by atoms with E-state index in [1.165, 1.54) is 24.3 Å². The Kier molecular flexibility index (Phi) is 3.66. The van der Waals surface area contributed by atoms with Gasteiger partial charge in [-0.1, -0.05) is 12.1 Å². The fourth-order valence-corrected chi connectivity index (χ4v) is 1.63. The summed E-state index contributed by atoms with van der Waals surface area (Å²) in [5, 5.41) is 14.3. The third kappa shape index (κ3) is 3.22. The summed E-state index contributed by atoms with van der Waals surface area (Å²) in [6, 6.07) is 9.93. The summed E-state index contributed by atoms with van der Waals surface area (Å²) in [6.07, 6.45) is 0. The van der Waals surface area contributed by atoms with E-state index in [9.17, 15) is 14.3 Å². The van der Waals surface area contributed by atoms with Gasteiger partial charge in [-0.05, 0) is 42.8 Å². The SMILES string of the molecule is Cc1cc(O)ccc1NC(=O)Nc1ccccc1F. The Hall–Kier alpha value is -2.56. The average Bonchev–Trinajstić information content (AvgIpc) is 2.36. The zero-order valence-electron chi connectivity index (χ0n) is 10.3. The number of carbonyl (C=O) groups is 1. The lowest BCUT2D eigenvalue weighted by Gasteiger charge is -2.10. The van der Waals surface area contributed by atoms with Crippen molar-refractivity contribution in [3.63, 3.8) is 0 Å². The van der Waals surface area contributed by atoms with Crippen LogP contribution in [0.1, 0.15) is 5.56 Å². The summed E-state index contributed by atoms with van der Waals surface area (Å²) in [4.78, 5) is 11.7. The van der Waals surface area contributed by atoms with Crippen LogP contribution < -0.4 is 10.6 Å². The molecule has 2 amide bonds. The van der Waals surface area contributed by atoms with Gasteiger partial charge < -0.3 is 15.7 Å². The average molecular weight is 260 g/mol. The topological polar surface area (TPSA) is 61.4 Å². The number of hydrogen-bond donors (Lipinski definition) is 3. The summed E-state index contributed by atoms with van der Waals surface area (Å²) < 4.78 is 13.3. The van der Waals surface area contributed by atoms with E-state index in [1.54, 1.807) is 25.1 Å². The lowest BCUT2D eigenvalue weighted by molar-refractivity contribution is 0.262. The number of benzene rings is 2. The van der Waals surface area contributed by atoms with E-state index in [4.69, 9.17) is 0 Å². The molecule has 0 fully saturated rings. The number of amides is 2. The quantitative estimate of drug-likeness (QED) is 0.724. The van der Waals surface area contributed by atoms with Crippen LogP contribution in [0.3, 0.4) is 0 Å². The lowest BCUT2D eigenvalue weighted by atomic mass is 10.2. The maximum Gasteiger partial charge on any atom is 0.323 e. The second-order valence-electron chi connectivity index (χ2n) is 4.06. The summed E-state index contributed by atoms with van der Waals surface area (Å²) >= 11 is 0. The number of para-hydroxylation sites is 1. The fourth-order valence-electron chi connectivity index (χ4n) is 1.63. The molecule has 0 spiro atoms. The van der Waals surface area contributed by atoms with Gasteiger partial charge in [-0.3, -0.25) is 0 Å². The van der Waals surface area contributed by atoms with E-state index in [1.807, 2.05) is 0 Å². The Balaban J connectivity index is 2.08. The molecule has 0 aliphatic carbocycles. The van der Waals surface area contributed by atoms with Crippen LogP contribution in [0, 0.1) is 12.7 Å². The maximum atomic E-state index is 13.3. The molecular weight excluding hydrogens is 247 g/mol. The van der Waals surface area contributed by atoms with Crippen LogP contribution >= 0.6 is 0 Å². The van der Waals surface area contributed by atoms with Crippen molar-refractivity contribution in [3.8, 4) is 5.75 Å². The zero-order valence-corrected chi connectivity index (χ0v) is 10.3. The molecule has 0 saturated heterocycles. The fraction of sp³-hybridized carbons (Fsp3) is 0.0714. The number of phenolic OH excluding ortho intramolecular Hbond substituents is 1. The number of aromatic hydroxyl groups is 1. The second-order valence-corrected chi connectivity index (χ2v) is 4.06. The highest BCUT2D eigenvalue weighted by molar-refractivity contribution is 6.00. The van der Waals surface area contributed by atoms with Crippen molar-refractivity contribution in [2.24, 2.45) is 0 Å². The number of rotatable bonds is 2. The van der Waals surface area contributed by atoms with E-state index < -0.39 is 11.8 Å². The number of anilines is 2. The Bertz CT molecular complexity index is 614. The largest absolute Gasteiger partial charge is 0.508 e. The van der Waals surface area contributed by atoms with Crippen LogP contribution in [-0.2, 0) is 0 Å². The van der Waals surface area contributed by atoms with Crippen LogP contribution in [0.5, 0.6) is 5.75 Å². The standard InChI is InChI=1S/C14H13FN2O2/c1-9-8-10(18)6-7-12(9)16-14(19)17-13-5-3-2-4-11(13)15/h2-8,18H,1H3,(H2,16,17,19). The molecule has 0 heterocycles. The van der Waals surface area contributed by atoms with Crippen molar-refractivity contribution in [3.05, 3.63) is 53.8 Å². The minimum Gasteiger partial charge on any atom is -0.508 e. The van der Waals surface area contributed by atoms with E-state index in [0.717, 1.165) is 0 Å². The highest BCUT2D eigenvalue weighted by atomic mass is 19.1. The molecule has 3 N–H and O–H groups in total. The monoisotopic (exact) mass is 260 g/mol. The summed E-state index contributed by atoms with van der Waals surface area (Å²) in [7, 11) is 0. The number of urea groups is 1. The van der Waals surface area contributed by atoms with Crippen LogP contribution in [0.2, 0.25) is 0 Å². The normalized spacial score (nSPS) is 10.0. The van der Waals surface area contributed by atoms with Crippen molar-refractivity contribution in [1.29, 1.82) is 0 Å². The van der Waals surface area contributed by atoms with Gasteiger partial charge in [0, 0.05) is 5.69 Å². The van der Waals surface area contributed by atoms with Gasteiger partial charge in [0.25, 0.3) is 0 Å². The van der Waals surface area contributed by atoms with Gasteiger partial charge in [-0.25, -0.2) is 9.18 Å². The predicted molar refractivity (Wildman–Crippen MR) is 71.9 cm³/mol. The Morgan fingerprint density at radius 2 is 1.79 bits per heavy atom. The van der Waals surface area contributed by atoms with Gasteiger partial charge >= 0.3 is 6.03 Å². The third-order valence-electron chi connectivity index (χ3n) is 2.58. The molecule has 2 aromatic carbocycles. The Morgan fingerprint density at radius 1 is 1.11 bits per heavy atom. The second kappa shape index (κ2) is 5.39. The van der Waals surface area contributed by atoms with E-state index >= 15 is 0 Å². The molecule has 2 rings (SSSR count). The molecule has 5 heteroatoms. The highest BCUT2D eigenvalue weighted by Crippen LogP contribution is 2.20. The molecule has 0 unspecified atom stereocenters. The van der Waals surface area contributed by atoms with Gasteiger partial charge in [-0.2, -0.15) is 0 Å². The van der Waals surface area contributed by atoms with Crippen molar-refractivity contribution in [1.82, 2.24) is 0 Å². The Labute approximate surface area is 109 Å². The molecule has 0 aromatic heterocycles. The first-order valence-corrected chi connectivity index (χ1v) is 5.68. The number of halogens is 1. The first kappa shape index (κ1) is 12.9. The minimum absolute atomic E-state index is 0.108. The van der Waals surface area contributed by atoms with E-state index in [-0.39, 0.29) is 11.4 Å². The predicted octanol–water partition coefficient (Wildman–Crippen LogP) is 3.48. The molecular formula is C14H13FN2O2. The van der Waals surface area contributed by atoms with Crippen LogP contribution in [-0.4, -0.2) is 11.1 Å². The molecule has 0 bridgehead atoms. The minimum atomic E-state index is -0.543. The lowest BCUT2D eigenvalue weighted by Crippen LogP contribution is -2.20. The van der Waals surface area contributed by atoms with Crippen molar-refractivity contribution in [2.75, 3.05) is 10.6 Å². The van der Waals surface area contributed by atoms with Gasteiger partial charge in [0.05, 0.1) is 5.69 Å². The molecule has 0 aliphatic heterocycles. The number of nitrogens with one attached hydrogen (secondary N) is 2. The maximum absolute atomic E-state index is 13.3. The van der Waals surface area contributed by atoms with Crippen molar-refractivity contribution in [2.45, 2.75) is 6.92 Å². The van der Waals surface area contributed by atoms with Gasteiger partial charge in [0.1, 0.15) is 11.6 Å². The number of hydrogen-bond acceptors (Lipinski definition) is 2. The van der Waals surface area contributed by atoms with Crippen LogP contribution in [0.15, 0.2) is 42.5 Å². The van der Waals surface area contributed by atoms with Gasteiger partial charge in [0.2, 0.25) is 0 Å². The number of carbonyl (C=O) groups excluding carboxylic acids is 1. The highest BCUT2D eigenvalue weighted by Gasteiger charge is 2.07. The zero-order chi connectivity index (χ0) is 13.8. The summed E-state index contributed by atoms with van der Waals surface area (Å²) in [5.74, 6) is -0.377. The first-order chi connectivity index (χ1) is 9.06. The van der Waals surface area contributed by atoms with Crippen LogP contribution in [0.4, 0.5) is 20.6 Å². The number of aryl methyl sites for hydroxylation is 1. The molecule has 2 aromatic rings. The van der Waals surface area contributed by atoms with Crippen LogP contribution in [0.25, 0.3) is 0 Å². The molecule has 4 nitrogen and oxygen atoms in total. The smallest absolute Gasteiger partial charge is 0.323 e. The Morgan fingerprint density at radius 3 is 2.47 bits per heavy atom. The number of phenols is 1. The van der Waals surface area contributed by atoms with Gasteiger partial charge in [-0.15, -0.1) is 0 Å². The van der Waals surface area contributed by atoms with Crippen molar-refractivity contribution < 1.29 is 14.3 Å². The third-order valence-corrected chi connectivity index (χ3v) is 2.58. The summed E-state index contributed by atoms with van der Waals surface area (Å²) in [5.41, 5.74) is 1.37. The summed E-state index contributed by atoms with van der Waals surface area (Å²) in [6.45, 7) is 1.75. The first-order valence-electron chi connectivity index (χ1n) is 5.68. The van der Waals surface area contributed by atoms with Crippen molar-refractivity contribution >= 4 is 17.4 Å². The van der Waals surface area contributed by atoms with Gasteiger partial charge in [0.15, 0.2) is 0 Å². The van der Waals surface area contributed by atoms with E-state index in [2.05, 4.69) is 10.6 Å². The molecule has 0 aliphatic rings. The van der Waals surface area contributed by atoms with E-state index in [0.29, 0.717) is 11.3 Å². The molecule has 0 atom stereocenters. The molecule has 98 valence electrons. The molecule has 0 radical (unpaired) electrons. The molecule has 0 saturated carbocycles. The molecule has 19 heavy (non-hydrogen) atoms.